The van der Waals surface area contributed by atoms with Crippen LogP contribution in [0.15, 0.2) is 54.6 Å². The van der Waals surface area contributed by atoms with Crippen molar-refractivity contribution in [3.05, 3.63) is 92.2 Å². The molecular weight excluding hydrogens is 566 g/mol. The standard InChI is InChI=1S/C28H24Cl2N4O3S.Na.H/c1-14-21(29)22(30)24(31-14)26(35)33-23-18-12-34(13-19(18)23)28-32-20(25(38-28)27(36)37)11-15-7-9-17(10-8-15)16-5-3-2-4-6-16;;/h2-10,18-19,23,31H,11-13H2,1H3,(H,33,35)(H,36,37);;/q;+1;-1/t18-,19+,23?;;. The number of carboxylic acids is 1. The van der Waals surface area contributed by atoms with Crippen molar-refractivity contribution in [1.29, 1.82) is 0 Å². The fourth-order valence-electron chi connectivity index (χ4n) is 5.25. The second kappa shape index (κ2) is 11.3. The molecule has 0 bridgehead atoms. The molecule has 3 N–H and O–H groups in total. The van der Waals surface area contributed by atoms with Crippen molar-refractivity contribution in [2.24, 2.45) is 11.8 Å². The van der Waals surface area contributed by atoms with E-state index in [4.69, 9.17) is 28.2 Å². The molecule has 1 saturated carbocycles. The Balaban J connectivity index is 0.00000185. The predicted molar refractivity (Wildman–Crippen MR) is 151 cm³/mol. The molecule has 1 aliphatic heterocycles. The Morgan fingerprint density at radius 3 is 2.31 bits per heavy atom. The summed E-state index contributed by atoms with van der Waals surface area (Å²) in [5, 5.41) is 14.2. The molecule has 11 heteroatoms. The van der Waals surface area contributed by atoms with Gasteiger partial charge in [-0.05, 0) is 23.6 Å². The molecular formula is C28H25Cl2N4NaO3S. The number of H-pyrrole nitrogens is 1. The van der Waals surface area contributed by atoms with Crippen LogP contribution in [0, 0.1) is 18.8 Å². The second-order valence-electron chi connectivity index (χ2n) is 9.80. The molecule has 0 radical (unpaired) electrons. The third kappa shape index (κ3) is 5.51. The number of piperidine rings is 1. The van der Waals surface area contributed by atoms with Crippen LogP contribution in [0.25, 0.3) is 11.1 Å². The SMILES string of the molecule is Cc1[nH]c(C(=O)NC2[C@H]3CN(c4nc(Cc5ccc(-c6ccccc6)cc5)c(C(=O)O)s4)C[C@@H]23)c(Cl)c1Cl.[H-].[Na+]. The summed E-state index contributed by atoms with van der Waals surface area (Å²) in [6, 6.07) is 18.3. The summed E-state index contributed by atoms with van der Waals surface area (Å²) in [7, 11) is 0. The number of carbonyl (C=O) groups excluding carboxylic acids is 1. The van der Waals surface area contributed by atoms with E-state index in [9.17, 15) is 14.7 Å². The summed E-state index contributed by atoms with van der Waals surface area (Å²) in [6.07, 6.45) is 0.450. The van der Waals surface area contributed by atoms with Crippen LogP contribution in [0.3, 0.4) is 0 Å². The molecule has 2 aliphatic rings. The largest absolute Gasteiger partial charge is 1.00 e. The fourth-order valence-corrected chi connectivity index (χ4v) is 6.60. The number of aromatic amines is 1. The number of halogens is 2. The molecule has 1 aliphatic carbocycles. The molecule has 1 unspecified atom stereocenters. The Hall–Kier alpha value is -2.33. The van der Waals surface area contributed by atoms with E-state index in [0.717, 1.165) is 16.7 Å². The number of nitrogens with one attached hydrogen (secondary N) is 2. The molecule has 0 spiro atoms. The summed E-state index contributed by atoms with van der Waals surface area (Å²) in [5.74, 6) is -0.652. The molecule has 4 aromatic rings. The van der Waals surface area contributed by atoms with Crippen molar-refractivity contribution in [3.63, 3.8) is 0 Å². The van der Waals surface area contributed by atoms with Gasteiger partial charge in [-0.1, -0.05) is 89.1 Å². The van der Waals surface area contributed by atoms with Crippen LogP contribution < -0.4 is 39.8 Å². The number of aromatic nitrogens is 2. The first-order valence-corrected chi connectivity index (χ1v) is 13.8. The first kappa shape index (κ1) is 28.2. The number of nitrogens with zero attached hydrogens (tertiary/aromatic N) is 2. The van der Waals surface area contributed by atoms with Gasteiger partial charge in [-0.15, -0.1) is 0 Å². The number of thiazole rings is 1. The molecule has 2 aromatic heterocycles. The molecule has 39 heavy (non-hydrogen) atoms. The van der Waals surface area contributed by atoms with Gasteiger partial charge >= 0.3 is 35.5 Å². The van der Waals surface area contributed by atoms with Crippen LogP contribution in [0.2, 0.25) is 10.0 Å². The summed E-state index contributed by atoms with van der Waals surface area (Å²) in [6.45, 7) is 3.19. The van der Waals surface area contributed by atoms with Crippen LogP contribution >= 0.6 is 34.5 Å². The van der Waals surface area contributed by atoms with Gasteiger partial charge in [-0.3, -0.25) is 4.79 Å². The zero-order valence-corrected chi connectivity index (χ0v) is 25.7. The number of hydrogen-bond donors (Lipinski definition) is 3. The quantitative estimate of drug-likeness (QED) is 0.287. The average molecular weight is 591 g/mol. The van der Waals surface area contributed by atoms with Gasteiger partial charge in [-0.25, -0.2) is 9.78 Å². The number of carboxylic acid groups (broad SMARTS) is 1. The van der Waals surface area contributed by atoms with Crippen LogP contribution in [0.1, 0.15) is 38.5 Å². The minimum absolute atomic E-state index is 0. The van der Waals surface area contributed by atoms with Crippen molar-refractivity contribution in [2.45, 2.75) is 19.4 Å². The zero-order valence-electron chi connectivity index (χ0n) is 22.4. The smallest absolute Gasteiger partial charge is 1.00 e. The summed E-state index contributed by atoms with van der Waals surface area (Å²) in [5.41, 5.74) is 4.77. The van der Waals surface area contributed by atoms with E-state index in [-0.39, 0.29) is 70.4 Å². The molecule has 2 fully saturated rings. The topological polar surface area (TPSA) is 98.3 Å². The van der Waals surface area contributed by atoms with Gasteiger partial charge in [0, 0.05) is 43.1 Å². The Morgan fingerprint density at radius 1 is 1.08 bits per heavy atom. The average Bonchev–Trinajstić information content (AvgIpc) is 3.27. The van der Waals surface area contributed by atoms with E-state index in [2.05, 4.69) is 39.5 Å². The van der Waals surface area contributed by atoms with Gasteiger partial charge in [0.2, 0.25) is 0 Å². The van der Waals surface area contributed by atoms with Crippen molar-refractivity contribution in [1.82, 2.24) is 15.3 Å². The van der Waals surface area contributed by atoms with Gasteiger partial charge < -0.3 is 21.7 Å². The predicted octanol–water partition coefficient (Wildman–Crippen LogP) is 3.02. The first-order valence-electron chi connectivity index (χ1n) is 12.3. The molecule has 1 amide bonds. The third-order valence-corrected chi connectivity index (χ3v) is 9.45. The number of aromatic carboxylic acids is 1. The summed E-state index contributed by atoms with van der Waals surface area (Å²) in [4.78, 5) is 34.8. The van der Waals surface area contributed by atoms with Crippen molar-refractivity contribution >= 4 is 51.5 Å². The van der Waals surface area contributed by atoms with Crippen molar-refractivity contribution in [3.8, 4) is 11.1 Å². The maximum Gasteiger partial charge on any atom is 1.00 e. The van der Waals surface area contributed by atoms with E-state index < -0.39 is 5.97 Å². The van der Waals surface area contributed by atoms with Crippen molar-refractivity contribution in [2.75, 3.05) is 18.0 Å². The normalized spacial score (nSPS) is 19.4. The number of rotatable bonds is 7. The van der Waals surface area contributed by atoms with Crippen LogP contribution in [-0.4, -0.2) is 46.1 Å². The number of fused-ring (bicyclic) bond motifs is 1. The third-order valence-electron chi connectivity index (χ3n) is 7.36. The maximum absolute atomic E-state index is 12.7. The number of aryl methyl sites for hydroxylation is 1. The number of carbonyl (C=O) groups is 2. The minimum Gasteiger partial charge on any atom is -1.00 e. The molecule has 3 atom stereocenters. The Bertz CT molecular complexity index is 1540. The van der Waals surface area contributed by atoms with Crippen LogP contribution in [0.5, 0.6) is 0 Å². The molecule has 1 saturated heterocycles. The Kier molecular flexibility index (Phi) is 8.15. The van der Waals surface area contributed by atoms with Gasteiger partial charge in [0.15, 0.2) is 5.13 Å². The summed E-state index contributed by atoms with van der Waals surface area (Å²) < 4.78 is 0. The Labute approximate surface area is 263 Å². The molecule has 196 valence electrons. The molecule has 6 rings (SSSR count). The minimum atomic E-state index is -0.962. The number of benzene rings is 2. The van der Waals surface area contributed by atoms with Gasteiger partial charge in [-0.2, -0.15) is 0 Å². The zero-order chi connectivity index (χ0) is 26.6. The van der Waals surface area contributed by atoms with E-state index in [1.54, 1.807) is 6.92 Å². The van der Waals surface area contributed by atoms with Gasteiger partial charge in [0.25, 0.3) is 5.91 Å². The number of anilines is 1. The molecule has 7 nitrogen and oxygen atoms in total. The first-order chi connectivity index (χ1) is 18.3. The van der Waals surface area contributed by atoms with Crippen molar-refractivity contribution < 1.29 is 45.7 Å². The molecule has 3 heterocycles. The molecule has 2 aromatic carbocycles. The second-order valence-corrected chi connectivity index (χ2v) is 11.5. The van der Waals surface area contributed by atoms with Gasteiger partial charge in [0.1, 0.15) is 10.6 Å². The van der Waals surface area contributed by atoms with Crippen LogP contribution in [-0.2, 0) is 6.42 Å². The van der Waals surface area contributed by atoms with E-state index in [1.165, 1.54) is 11.3 Å². The maximum atomic E-state index is 12.7. The van der Waals surface area contributed by atoms with Gasteiger partial charge in [0.05, 0.1) is 15.7 Å². The summed E-state index contributed by atoms with van der Waals surface area (Å²) >= 11 is 13.5. The Morgan fingerprint density at radius 2 is 1.72 bits per heavy atom. The van der Waals surface area contributed by atoms with Crippen LogP contribution in [0.4, 0.5) is 5.13 Å². The number of hydrogen-bond acceptors (Lipinski definition) is 5. The van der Waals surface area contributed by atoms with E-state index >= 15 is 0 Å². The van der Waals surface area contributed by atoms with E-state index in [1.807, 2.05) is 30.3 Å². The van der Waals surface area contributed by atoms with E-state index in [0.29, 0.717) is 41.1 Å². The fraction of sp³-hybridized carbons (Fsp3) is 0.250. The monoisotopic (exact) mass is 590 g/mol. The number of amides is 1.